The molecule has 1 atom stereocenters. The van der Waals surface area contributed by atoms with E-state index in [-0.39, 0.29) is 11.7 Å². The Bertz CT molecular complexity index is 440. The molecule has 92 valence electrons. The molecule has 0 aliphatic carbocycles. The lowest BCUT2D eigenvalue weighted by atomic mass is 10.1. The quantitative estimate of drug-likeness (QED) is 0.334. The summed E-state index contributed by atoms with van der Waals surface area (Å²) < 4.78 is 0. The fourth-order valence-electron chi connectivity index (χ4n) is 1.24. The largest absolute Gasteiger partial charge is 0.409 e. The van der Waals surface area contributed by atoms with Crippen LogP contribution in [0.15, 0.2) is 23.4 Å². The van der Waals surface area contributed by atoms with Crippen LogP contribution in [0.1, 0.15) is 12.5 Å². The summed E-state index contributed by atoms with van der Waals surface area (Å²) in [7, 11) is 0. The van der Waals surface area contributed by atoms with E-state index in [2.05, 4.69) is 10.5 Å². The fraction of sp³-hybridized carbons (Fsp3) is 0.273. The lowest BCUT2D eigenvalue weighted by molar-refractivity contribution is -0.117. The number of benzene rings is 1. The van der Waals surface area contributed by atoms with Gasteiger partial charge >= 0.3 is 0 Å². The third kappa shape index (κ3) is 3.10. The summed E-state index contributed by atoms with van der Waals surface area (Å²) in [6.07, 6.45) is 0. The summed E-state index contributed by atoms with van der Waals surface area (Å²) in [6.45, 7) is 3.37. The zero-order valence-corrected chi connectivity index (χ0v) is 10.3. The first-order valence-corrected chi connectivity index (χ1v) is 5.38. The van der Waals surface area contributed by atoms with Crippen LogP contribution < -0.4 is 11.1 Å². The van der Waals surface area contributed by atoms with Gasteiger partial charge in [0, 0.05) is 0 Å². The highest BCUT2D eigenvalue weighted by molar-refractivity contribution is 6.34. The highest BCUT2D eigenvalue weighted by Crippen LogP contribution is 2.25. The number of oxime groups is 1. The average Bonchev–Trinajstić information content (AvgIpc) is 2.31. The van der Waals surface area contributed by atoms with E-state index in [1.54, 1.807) is 12.1 Å². The number of nitrogens with zero attached hydrogens (tertiary/aromatic N) is 1. The number of anilines is 1. The number of nitrogens with two attached hydrogens (primary N) is 1. The second kappa shape index (κ2) is 5.54. The number of amidine groups is 1. The number of hydrogen-bond acceptors (Lipinski definition) is 3. The van der Waals surface area contributed by atoms with Gasteiger partial charge in [0.25, 0.3) is 0 Å². The van der Waals surface area contributed by atoms with Gasteiger partial charge in [0.1, 0.15) is 0 Å². The van der Waals surface area contributed by atoms with Crippen LogP contribution in [0, 0.1) is 12.8 Å². The number of halogens is 1. The van der Waals surface area contributed by atoms with E-state index in [4.69, 9.17) is 22.5 Å². The first kappa shape index (κ1) is 13.3. The Morgan fingerprint density at radius 3 is 2.76 bits per heavy atom. The van der Waals surface area contributed by atoms with Gasteiger partial charge in [-0.05, 0) is 25.5 Å². The fourth-order valence-corrected chi connectivity index (χ4v) is 1.51. The van der Waals surface area contributed by atoms with E-state index >= 15 is 0 Å². The van der Waals surface area contributed by atoms with Crippen molar-refractivity contribution in [1.82, 2.24) is 0 Å². The Balaban J connectivity index is 2.89. The van der Waals surface area contributed by atoms with Crippen molar-refractivity contribution in [1.29, 1.82) is 0 Å². The van der Waals surface area contributed by atoms with Gasteiger partial charge in [-0.25, -0.2) is 0 Å². The molecule has 0 aromatic heterocycles. The Kier molecular flexibility index (Phi) is 4.34. The first-order valence-electron chi connectivity index (χ1n) is 5.00. The van der Waals surface area contributed by atoms with Gasteiger partial charge in [0.2, 0.25) is 5.91 Å². The minimum atomic E-state index is -0.726. The van der Waals surface area contributed by atoms with E-state index in [1.807, 2.05) is 13.0 Å². The van der Waals surface area contributed by atoms with E-state index in [0.717, 1.165) is 5.56 Å². The molecule has 0 aliphatic heterocycles. The molecule has 0 radical (unpaired) electrons. The van der Waals surface area contributed by atoms with E-state index in [0.29, 0.717) is 10.7 Å². The number of para-hydroxylation sites is 1. The van der Waals surface area contributed by atoms with Crippen LogP contribution >= 0.6 is 11.6 Å². The van der Waals surface area contributed by atoms with Crippen LogP contribution in [0.3, 0.4) is 0 Å². The predicted octanol–water partition coefficient (Wildman–Crippen LogP) is 1.97. The summed E-state index contributed by atoms with van der Waals surface area (Å²) in [5, 5.41) is 14.4. The van der Waals surface area contributed by atoms with Crippen molar-refractivity contribution in [3.63, 3.8) is 0 Å². The third-order valence-corrected chi connectivity index (χ3v) is 2.74. The topological polar surface area (TPSA) is 87.7 Å². The Labute approximate surface area is 104 Å². The molecule has 1 rings (SSSR count). The maximum atomic E-state index is 11.8. The third-order valence-electron chi connectivity index (χ3n) is 2.42. The minimum absolute atomic E-state index is 0.146. The maximum Gasteiger partial charge on any atom is 0.234 e. The first-order chi connectivity index (χ1) is 7.97. The average molecular weight is 256 g/mol. The van der Waals surface area contributed by atoms with Crippen molar-refractivity contribution in [3.05, 3.63) is 28.8 Å². The van der Waals surface area contributed by atoms with Gasteiger partial charge in [-0.3, -0.25) is 4.79 Å². The SMILES string of the molecule is Cc1cccc(Cl)c1NC(=O)C(C)/C(N)=N/O. The van der Waals surface area contributed by atoms with Crippen LogP contribution in [0.5, 0.6) is 0 Å². The van der Waals surface area contributed by atoms with Crippen molar-refractivity contribution >= 4 is 29.0 Å². The number of hydrogen-bond donors (Lipinski definition) is 3. The highest BCUT2D eigenvalue weighted by Gasteiger charge is 2.19. The molecule has 6 heteroatoms. The molecule has 0 aliphatic rings. The summed E-state index contributed by atoms with van der Waals surface area (Å²) in [6, 6.07) is 5.30. The zero-order chi connectivity index (χ0) is 13.0. The van der Waals surface area contributed by atoms with Crippen molar-refractivity contribution < 1.29 is 10.0 Å². The normalized spacial score (nSPS) is 13.2. The number of rotatable bonds is 3. The molecule has 0 saturated heterocycles. The molecule has 0 bridgehead atoms. The predicted molar refractivity (Wildman–Crippen MR) is 67.4 cm³/mol. The highest BCUT2D eigenvalue weighted by atomic mass is 35.5. The molecule has 17 heavy (non-hydrogen) atoms. The summed E-state index contributed by atoms with van der Waals surface area (Å²) >= 11 is 5.97. The van der Waals surface area contributed by atoms with Crippen LogP contribution in [0.4, 0.5) is 5.69 Å². The monoisotopic (exact) mass is 255 g/mol. The Morgan fingerprint density at radius 2 is 2.24 bits per heavy atom. The van der Waals surface area contributed by atoms with Gasteiger partial charge in [0.15, 0.2) is 5.84 Å². The Morgan fingerprint density at radius 1 is 1.59 bits per heavy atom. The molecule has 0 saturated carbocycles. The second-order valence-corrected chi connectivity index (χ2v) is 4.07. The number of nitrogens with one attached hydrogen (secondary N) is 1. The molecule has 0 fully saturated rings. The zero-order valence-electron chi connectivity index (χ0n) is 9.57. The van der Waals surface area contributed by atoms with Gasteiger partial charge in [-0.1, -0.05) is 28.9 Å². The molecule has 1 aromatic carbocycles. The molecule has 1 amide bonds. The summed E-state index contributed by atoms with van der Waals surface area (Å²) in [4.78, 5) is 11.8. The van der Waals surface area contributed by atoms with Crippen molar-refractivity contribution in [3.8, 4) is 0 Å². The number of aryl methyl sites for hydroxylation is 1. The second-order valence-electron chi connectivity index (χ2n) is 3.67. The lowest BCUT2D eigenvalue weighted by Crippen LogP contribution is -2.32. The minimum Gasteiger partial charge on any atom is -0.409 e. The van der Waals surface area contributed by atoms with Gasteiger partial charge in [-0.15, -0.1) is 0 Å². The molecule has 1 unspecified atom stereocenters. The van der Waals surface area contributed by atoms with Gasteiger partial charge < -0.3 is 16.3 Å². The summed E-state index contributed by atoms with van der Waals surface area (Å²) in [5.74, 6) is -1.25. The van der Waals surface area contributed by atoms with Crippen LogP contribution in [0.2, 0.25) is 5.02 Å². The van der Waals surface area contributed by atoms with Gasteiger partial charge in [0.05, 0.1) is 16.6 Å². The van der Waals surface area contributed by atoms with E-state index in [1.165, 1.54) is 6.92 Å². The number of carbonyl (C=O) groups is 1. The van der Waals surface area contributed by atoms with Crippen molar-refractivity contribution in [2.75, 3.05) is 5.32 Å². The van der Waals surface area contributed by atoms with E-state index < -0.39 is 5.92 Å². The van der Waals surface area contributed by atoms with Crippen LogP contribution in [0.25, 0.3) is 0 Å². The smallest absolute Gasteiger partial charge is 0.234 e. The molecule has 0 heterocycles. The van der Waals surface area contributed by atoms with E-state index in [9.17, 15) is 4.79 Å². The van der Waals surface area contributed by atoms with Crippen molar-refractivity contribution in [2.24, 2.45) is 16.8 Å². The summed E-state index contributed by atoms with van der Waals surface area (Å²) in [5.41, 5.74) is 6.74. The van der Waals surface area contributed by atoms with Gasteiger partial charge in [-0.2, -0.15) is 0 Å². The molecular weight excluding hydrogens is 242 g/mol. The Hall–Kier alpha value is -1.75. The van der Waals surface area contributed by atoms with Crippen molar-refractivity contribution in [2.45, 2.75) is 13.8 Å². The molecule has 4 N–H and O–H groups in total. The maximum absolute atomic E-state index is 11.8. The molecule has 5 nitrogen and oxygen atoms in total. The number of amides is 1. The molecular formula is C11H14ClN3O2. The standard InChI is InChI=1S/C11H14ClN3O2/c1-6-4-3-5-8(12)9(6)14-11(16)7(2)10(13)15-17/h3-5,7,17H,1-2H3,(H2,13,15)(H,14,16). The molecule has 0 spiro atoms. The van der Waals surface area contributed by atoms with Crippen LogP contribution in [-0.4, -0.2) is 17.0 Å². The lowest BCUT2D eigenvalue weighted by Gasteiger charge is -2.13. The number of carbonyl (C=O) groups excluding carboxylic acids is 1. The van der Waals surface area contributed by atoms with Crippen LogP contribution in [-0.2, 0) is 4.79 Å². The molecule has 1 aromatic rings.